The molecule has 0 atom stereocenters. The number of halogens is 3. The summed E-state index contributed by atoms with van der Waals surface area (Å²) in [6.07, 6.45) is 3.41. The Morgan fingerprint density at radius 2 is 1.13 bits per heavy atom. The van der Waals surface area contributed by atoms with Crippen LogP contribution in [0.3, 0.4) is 0 Å². The van der Waals surface area contributed by atoms with Crippen LogP contribution < -0.4 is 9.47 Å². The molecule has 0 aliphatic carbocycles. The maximum atomic E-state index is 13.1. The van der Waals surface area contributed by atoms with Gasteiger partial charge in [0.2, 0.25) is 0 Å². The summed E-state index contributed by atoms with van der Waals surface area (Å²) >= 11 is 0. The van der Waals surface area contributed by atoms with E-state index in [2.05, 4.69) is 6.07 Å². The summed E-state index contributed by atoms with van der Waals surface area (Å²) in [4.78, 5) is 0. The maximum absolute atomic E-state index is 13.1. The number of rotatable bonds is 10. The van der Waals surface area contributed by atoms with Gasteiger partial charge in [0.15, 0.2) is 17.5 Å². The number of nitriles is 1. The number of unbranched alkanes of at least 4 members (excludes halogenated alkanes) is 3. The van der Waals surface area contributed by atoms with Gasteiger partial charge in [-0.25, -0.2) is 13.2 Å². The summed E-state index contributed by atoms with van der Waals surface area (Å²) in [6, 6.07) is 19.0. The van der Waals surface area contributed by atoms with Crippen molar-refractivity contribution in [1.82, 2.24) is 0 Å². The molecular formula is C25H22F3NO2. The largest absolute Gasteiger partial charge is 0.494 e. The van der Waals surface area contributed by atoms with Crippen molar-refractivity contribution in [3.05, 3.63) is 83.7 Å². The van der Waals surface area contributed by atoms with Crippen LogP contribution >= 0.6 is 0 Å². The van der Waals surface area contributed by atoms with Crippen LogP contribution in [0.25, 0.3) is 11.1 Å². The van der Waals surface area contributed by atoms with Gasteiger partial charge in [-0.1, -0.05) is 24.3 Å². The molecule has 0 saturated heterocycles. The molecule has 0 fully saturated rings. The number of ether oxygens (including phenoxy) is 2. The van der Waals surface area contributed by atoms with Crippen LogP contribution in [0, 0.1) is 28.8 Å². The Kier molecular flexibility index (Phi) is 7.94. The lowest BCUT2D eigenvalue weighted by molar-refractivity contribution is 0.285. The van der Waals surface area contributed by atoms with E-state index in [4.69, 9.17) is 14.7 Å². The Morgan fingerprint density at radius 1 is 0.645 bits per heavy atom. The van der Waals surface area contributed by atoms with Crippen molar-refractivity contribution in [2.75, 3.05) is 13.2 Å². The van der Waals surface area contributed by atoms with Crippen LogP contribution in [0.2, 0.25) is 0 Å². The van der Waals surface area contributed by atoms with Gasteiger partial charge in [0.1, 0.15) is 11.5 Å². The normalized spacial score (nSPS) is 10.5. The number of hydrogen-bond acceptors (Lipinski definition) is 3. The van der Waals surface area contributed by atoms with Crippen LogP contribution in [-0.2, 0) is 0 Å². The molecule has 0 saturated carbocycles. The minimum absolute atomic E-state index is 0.0100. The van der Waals surface area contributed by atoms with Crippen LogP contribution in [0.1, 0.15) is 31.2 Å². The third kappa shape index (κ3) is 6.51. The zero-order chi connectivity index (χ0) is 22.1. The molecule has 3 nitrogen and oxygen atoms in total. The Bertz CT molecular complexity index is 1010. The smallest absolute Gasteiger partial charge is 0.194 e. The van der Waals surface area contributed by atoms with Gasteiger partial charge < -0.3 is 9.47 Å². The first-order chi connectivity index (χ1) is 15.1. The van der Waals surface area contributed by atoms with Crippen molar-refractivity contribution in [1.29, 1.82) is 5.26 Å². The van der Waals surface area contributed by atoms with E-state index in [1.165, 1.54) is 0 Å². The van der Waals surface area contributed by atoms with E-state index in [9.17, 15) is 13.2 Å². The second-order valence-corrected chi connectivity index (χ2v) is 7.03. The molecule has 3 aromatic rings. The van der Waals surface area contributed by atoms with Gasteiger partial charge >= 0.3 is 0 Å². The predicted octanol–water partition coefficient (Wildman–Crippen LogP) is 6.66. The van der Waals surface area contributed by atoms with Gasteiger partial charge in [0, 0.05) is 12.1 Å². The molecule has 3 rings (SSSR count). The number of benzene rings is 3. The first kappa shape index (κ1) is 22.2. The monoisotopic (exact) mass is 425 g/mol. The molecule has 3 aromatic carbocycles. The highest BCUT2D eigenvalue weighted by molar-refractivity contribution is 5.64. The minimum Gasteiger partial charge on any atom is -0.494 e. The van der Waals surface area contributed by atoms with Gasteiger partial charge in [-0.05, 0) is 61.1 Å². The summed E-state index contributed by atoms with van der Waals surface area (Å²) in [7, 11) is 0. The first-order valence-corrected chi connectivity index (χ1v) is 10.1. The highest BCUT2D eigenvalue weighted by Crippen LogP contribution is 2.23. The molecule has 0 spiro atoms. The van der Waals surface area contributed by atoms with Crippen molar-refractivity contribution >= 4 is 0 Å². The first-order valence-electron chi connectivity index (χ1n) is 10.1. The predicted molar refractivity (Wildman–Crippen MR) is 112 cm³/mol. The molecule has 0 unspecified atom stereocenters. The van der Waals surface area contributed by atoms with Gasteiger partial charge in [-0.2, -0.15) is 5.26 Å². The molecule has 0 N–H and O–H groups in total. The highest BCUT2D eigenvalue weighted by Gasteiger charge is 2.11. The van der Waals surface area contributed by atoms with E-state index in [0.29, 0.717) is 18.8 Å². The van der Waals surface area contributed by atoms with Crippen molar-refractivity contribution in [2.45, 2.75) is 25.7 Å². The Labute approximate surface area is 179 Å². The Hall–Kier alpha value is -3.46. The lowest BCUT2D eigenvalue weighted by Gasteiger charge is -2.09. The molecule has 0 amide bonds. The Balaban J connectivity index is 1.31. The second kappa shape index (κ2) is 11.1. The maximum Gasteiger partial charge on any atom is 0.194 e. The lowest BCUT2D eigenvalue weighted by Crippen LogP contribution is -2.01. The average molecular weight is 425 g/mol. The molecule has 6 heteroatoms. The molecule has 31 heavy (non-hydrogen) atoms. The number of hydrogen-bond donors (Lipinski definition) is 0. The van der Waals surface area contributed by atoms with E-state index in [1.54, 1.807) is 12.1 Å². The minimum atomic E-state index is -1.49. The molecule has 160 valence electrons. The van der Waals surface area contributed by atoms with Crippen molar-refractivity contribution in [3.63, 3.8) is 0 Å². The SMILES string of the molecule is N#Cc1ccc(-c2ccc(OCCCCCCOc3cc(F)c(F)c(F)c3)cc2)cc1. The fraction of sp³-hybridized carbons (Fsp3) is 0.240. The molecule has 0 bridgehead atoms. The van der Waals surface area contributed by atoms with Gasteiger partial charge in [-0.15, -0.1) is 0 Å². The van der Waals surface area contributed by atoms with E-state index in [1.807, 2.05) is 36.4 Å². The topological polar surface area (TPSA) is 42.2 Å². The standard InChI is InChI=1S/C25H22F3NO2/c26-23-15-22(16-24(27)25(23)28)31-14-4-2-1-3-13-30-21-11-9-20(10-12-21)19-7-5-18(17-29)6-8-19/h5-12,15-16H,1-4,13-14H2. The van der Waals surface area contributed by atoms with Crippen molar-refractivity contribution in [3.8, 4) is 28.7 Å². The molecule has 0 aliphatic heterocycles. The fourth-order valence-corrected chi connectivity index (χ4v) is 3.03. The fourth-order valence-electron chi connectivity index (χ4n) is 3.03. The quantitative estimate of drug-likeness (QED) is 0.269. The van der Waals surface area contributed by atoms with Gasteiger partial charge in [-0.3, -0.25) is 0 Å². The van der Waals surface area contributed by atoms with E-state index >= 15 is 0 Å². The summed E-state index contributed by atoms with van der Waals surface area (Å²) in [5.74, 6) is -3.21. The summed E-state index contributed by atoms with van der Waals surface area (Å²) in [6.45, 7) is 0.896. The second-order valence-electron chi connectivity index (χ2n) is 7.03. The summed E-state index contributed by atoms with van der Waals surface area (Å²) < 4.78 is 50.1. The van der Waals surface area contributed by atoms with Gasteiger partial charge in [0.05, 0.1) is 24.8 Å². The zero-order valence-electron chi connectivity index (χ0n) is 16.9. The van der Waals surface area contributed by atoms with E-state index < -0.39 is 17.5 Å². The molecule has 0 heterocycles. The lowest BCUT2D eigenvalue weighted by atomic mass is 10.0. The summed E-state index contributed by atoms with van der Waals surface area (Å²) in [5, 5.41) is 8.86. The molecule has 0 radical (unpaired) electrons. The molecule has 0 aliphatic rings. The van der Waals surface area contributed by atoms with Crippen LogP contribution in [0.15, 0.2) is 60.7 Å². The zero-order valence-corrected chi connectivity index (χ0v) is 16.9. The van der Waals surface area contributed by atoms with Crippen molar-refractivity contribution in [2.24, 2.45) is 0 Å². The Morgan fingerprint density at radius 3 is 1.65 bits per heavy atom. The molecular weight excluding hydrogens is 403 g/mol. The van der Waals surface area contributed by atoms with Crippen LogP contribution in [-0.4, -0.2) is 13.2 Å². The van der Waals surface area contributed by atoms with Crippen molar-refractivity contribution < 1.29 is 22.6 Å². The van der Waals surface area contributed by atoms with Crippen LogP contribution in [0.5, 0.6) is 11.5 Å². The van der Waals surface area contributed by atoms with E-state index in [-0.39, 0.29) is 5.75 Å². The van der Waals surface area contributed by atoms with Crippen LogP contribution in [0.4, 0.5) is 13.2 Å². The van der Waals surface area contributed by atoms with Gasteiger partial charge in [0.25, 0.3) is 0 Å². The third-order valence-electron chi connectivity index (χ3n) is 4.74. The molecule has 0 aromatic heterocycles. The number of nitrogens with zero attached hydrogens (tertiary/aromatic N) is 1. The average Bonchev–Trinajstić information content (AvgIpc) is 2.79. The summed E-state index contributed by atoms with van der Waals surface area (Å²) in [5.41, 5.74) is 2.73. The van der Waals surface area contributed by atoms with E-state index in [0.717, 1.165) is 54.7 Å². The highest BCUT2D eigenvalue weighted by atomic mass is 19.2. The third-order valence-corrected chi connectivity index (χ3v) is 4.74.